The van der Waals surface area contributed by atoms with Crippen LogP contribution in [0.15, 0.2) is 24.4 Å². The fourth-order valence-corrected chi connectivity index (χ4v) is 3.09. The van der Waals surface area contributed by atoms with Crippen LogP contribution in [0, 0.1) is 0 Å². The van der Waals surface area contributed by atoms with Gasteiger partial charge in [-0.2, -0.15) is 0 Å². The summed E-state index contributed by atoms with van der Waals surface area (Å²) in [6.45, 7) is 2.60. The number of nitrogens with one attached hydrogen (secondary N) is 2. The van der Waals surface area contributed by atoms with Gasteiger partial charge in [0, 0.05) is 26.0 Å². The Balaban J connectivity index is 1.31. The highest BCUT2D eigenvalue weighted by Crippen LogP contribution is 2.24. The molecule has 0 unspecified atom stereocenters. The average molecular weight is 363 g/mol. The monoisotopic (exact) mass is 363 g/mol. The number of pyridine rings is 1. The minimum atomic E-state index is -0.303. The number of amides is 2. The number of anilines is 1. The number of nitrogens with zero attached hydrogens (tertiary/aromatic N) is 3. The van der Waals surface area contributed by atoms with E-state index in [0.717, 1.165) is 31.6 Å². The molecule has 134 valence electrons. The first-order valence-electron chi connectivity index (χ1n) is 8.30. The number of rotatable bonds is 8. The second kappa shape index (κ2) is 9.40. The van der Waals surface area contributed by atoms with E-state index >= 15 is 0 Å². The SMILES string of the molecule is O=C(NCCCOC[C@H]1CCCO1)Nc1nnc(-c2ccccn2)s1. The molecule has 0 spiro atoms. The van der Waals surface area contributed by atoms with Crippen LogP contribution in [0.4, 0.5) is 9.93 Å². The standard InChI is InChI=1S/C16H21N5O3S/c22-15(18-8-4-9-23-11-12-5-3-10-24-12)19-16-21-20-14(25-16)13-6-1-2-7-17-13/h1-2,6-7,12H,3-5,8-11H2,(H2,18,19,21,22)/t12-/m1/s1. The molecular weight excluding hydrogens is 342 g/mol. The Morgan fingerprint density at radius 1 is 1.40 bits per heavy atom. The molecule has 2 aromatic heterocycles. The van der Waals surface area contributed by atoms with Gasteiger partial charge in [0.1, 0.15) is 5.69 Å². The van der Waals surface area contributed by atoms with E-state index in [1.807, 2.05) is 18.2 Å². The minimum Gasteiger partial charge on any atom is -0.379 e. The molecule has 0 radical (unpaired) electrons. The van der Waals surface area contributed by atoms with Crippen LogP contribution in [0.3, 0.4) is 0 Å². The molecule has 1 saturated heterocycles. The van der Waals surface area contributed by atoms with Gasteiger partial charge in [-0.15, -0.1) is 10.2 Å². The summed E-state index contributed by atoms with van der Waals surface area (Å²) < 4.78 is 11.0. The lowest BCUT2D eigenvalue weighted by Crippen LogP contribution is -2.30. The van der Waals surface area contributed by atoms with Crippen LogP contribution in [-0.2, 0) is 9.47 Å². The van der Waals surface area contributed by atoms with Crippen molar-refractivity contribution in [1.82, 2.24) is 20.5 Å². The van der Waals surface area contributed by atoms with Crippen molar-refractivity contribution in [1.29, 1.82) is 0 Å². The predicted molar refractivity (Wildman–Crippen MR) is 94.6 cm³/mol. The molecule has 0 saturated carbocycles. The predicted octanol–water partition coefficient (Wildman–Crippen LogP) is 2.31. The molecule has 1 aliphatic rings. The van der Waals surface area contributed by atoms with E-state index in [0.29, 0.717) is 29.9 Å². The molecule has 3 rings (SSSR count). The van der Waals surface area contributed by atoms with Gasteiger partial charge in [-0.1, -0.05) is 17.4 Å². The molecule has 1 aliphatic heterocycles. The summed E-state index contributed by atoms with van der Waals surface area (Å²) in [6, 6.07) is 5.26. The molecule has 3 heterocycles. The quantitative estimate of drug-likeness (QED) is 0.699. The van der Waals surface area contributed by atoms with Crippen LogP contribution in [0.2, 0.25) is 0 Å². The molecule has 8 nitrogen and oxygen atoms in total. The average Bonchev–Trinajstić information content (AvgIpc) is 3.31. The minimum absolute atomic E-state index is 0.238. The second-order valence-electron chi connectivity index (χ2n) is 5.57. The topological polar surface area (TPSA) is 98.3 Å². The van der Waals surface area contributed by atoms with Gasteiger partial charge in [-0.05, 0) is 31.4 Å². The van der Waals surface area contributed by atoms with Crippen LogP contribution in [-0.4, -0.2) is 53.7 Å². The second-order valence-corrected chi connectivity index (χ2v) is 6.55. The molecule has 0 aliphatic carbocycles. The van der Waals surface area contributed by atoms with E-state index in [9.17, 15) is 4.79 Å². The molecule has 9 heteroatoms. The third-order valence-electron chi connectivity index (χ3n) is 3.61. The van der Waals surface area contributed by atoms with Gasteiger partial charge in [-0.25, -0.2) is 4.79 Å². The van der Waals surface area contributed by atoms with Crippen molar-refractivity contribution in [3.05, 3.63) is 24.4 Å². The Kier molecular flexibility index (Phi) is 6.66. The van der Waals surface area contributed by atoms with Crippen molar-refractivity contribution >= 4 is 22.5 Å². The van der Waals surface area contributed by atoms with Gasteiger partial charge in [0.05, 0.1) is 12.7 Å². The number of aromatic nitrogens is 3. The number of carbonyl (C=O) groups excluding carboxylic acids is 1. The first-order chi connectivity index (χ1) is 12.3. The van der Waals surface area contributed by atoms with Crippen molar-refractivity contribution in [2.45, 2.75) is 25.4 Å². The van der Waals surface area contributed by atoms with Gasteiger partial charge >= 0.3 is 6.03 Å². The van der Waals surface area contributed by atoms with E-state index < -0.39 is 0 Å². The molecule has 1 fully saturated rings. The molecular formula is C16H21N5O3S. The summed E-state index contributed by atoms with van der Waals surface area (Å²) in [7, 11) is 0. The highest BCUT2D eigenvalue weighted by molar-refractivity contribution is 7.18. The van der Waals surface area contributed by atoms with Gasteiger partial charge in [0.25, 0.3) is 0 Å². The number of carbonyl (C=O) groups is 1. The number of hydrogen-bond donors (Lipinski definition) is 2. The van der Waals surface area contributed by atoms with Crippen molar-refractivity contribution in [3.63, 3.8) is 0 Å². The zero-order valence-electron chi connectivity index (χ0n) is 13.8. The van der Waals surface area contributed by atoms with Gasteiger partial charge < -0.3 is 14.8 Å². The van der Waals surface area contributed by atoms with Crippen LogP contribution >= 0.6 is 11.3 Å². The summed E-state index contributed by atoms with van der Waals surface area (Å²) in [5, 5.41) is 14.5. The summed E-state index contributed by atoms with van der Waals surface area (Å²) in [4.78, 5) is 16.0. The lowest BCUT2D eigenvalue weighted by Gasteiger charge is -2.10. The zero-order valence-corrected chi connectivity index (χ0v) is 14.6. The Labute approximate surface area is 150 Å². The highest BCUT2D eigenvalue weighted by atomic mass is 32.1. The first kappa shape index (κ1) is 17.7. The Morgan fingerprint density at radius 3 is 3.16 bits per heavy atom. The maximum atomic E-state index is 11.8. The maximum absolute atomic E-state index is 11.8. The fourth-order valence-electron chi connectivity index (χ4n) is 2.37. The molecule has 2 amide bonds. The lowest BCUT2D eigenvalue weighted by atomic mass is 10.2. The van der Waals surface area contributed by atoms with Gasteiger partial charge in [0.15, 0.2) is 5.01 Å². The first-order valence-corrected chi connectivity index (χ1v) is 9.12. The Morgan fingerprint density at radius 2 is 2.36 bits per heavy atom. The van der Waals surface area contributed by atoms with Crippen molar-refractivity contribution in [2.24, 2.45) is 0 Å². The van der Waals surface area contributed by atoms with Gasteiger partial charge in [0.2, 0.25) is 5.13 Å². The summed E-state index contributed by atoms with van der Waals surface area (Å²) in [6.07, 6.45) is 4.86. The number of ether oxygens (including phenoxy) is 2. The number of urea groups is 1. The highest BCUT2D eigenvalue weighted by Gasteiger charge is 2.15. The zero-order chi connectivity index (χ0) is 17.3. The maximum Gasteiger partial charge on any atom is 0.321 e. The Hall–Kier alpha value is -2.10. The van der Waals surface area contributed by atoms with Crippen molar-refractivity contribution in [3.8, 4) is 10.7 Å². The van der Waals surface area contributed by atoms with Crippen LogP contribution in [0.5, 0.6) is 0 Å². The number of hydrogen-bond acceptors (Lipinski definition) is 7. The fraction of sp³-hybridized carbons (Fsp3) is 0.500. The molecule has 0 aromatic carbocycles. The summed E-state index contributed by atoms with van der Waals surface area (Å²) in [5.41, 5.74) is 0.733. The third kappa shape index (κ3) is 5.73. The molecule has 2 N–H and O–H groups in total. The molecule has 25 heavy (non-hydrogen) atoms. The van der Waals surface area contributed by atoms with Crippen molar-refractivity contribution in [2.75, 3.05) is 31.7 Å². The van der Waals surface area contributed by atoms with Crippen molar-refractivity contribution < 1.29 is 14.3 Å². The van der Waals surface area contributed by atoms with E-state index in [-0.39, 0.29) is 12.1 Å². The molecule has 1 atom stereocenters. The van der Waals surface area contributed by atoms with E-state index in [1.54, 1.807) is 6.20 Å². The van der Waals surface area contributed by atoms with E-state index in [4.69, 9.17) is 9.47 Å². The lowest BCUT2D eigenvalue weighted by molar-refractivity contribution is 0.0168. The van der Waals surface area contributed by atoms with E-state index in [1.165, 1.54) is 11.3 Å². The smallest absolute Gasteiger partial charge is 0.321 e. The largest absolute Gasteiger partial charge is 0.379 e. The summed E-state index contributed by atoms with van der Waals surface area (Å²) >= 11 is 1.28. The summed E-state index contributed by atoms with van der Waals surface area (Å²) in [5.74, 6) is 0. The van der Waals surface area contributed by atoms with E-state index in [2.05, 4.69) is 25.8 Å². The third-order valence-corrected chi connectivity index (χ3v) is 4.47. The van der Waals surface area contributed by atoms with Crippen LogP contribution in [0.1, 0.15) is 19.3 Å². The van der Waals surface area contributed by atoms with Crippen LogP contribution in [0.25, 0.3) is 10.7 Å². The Bertz CT molecular complexity index is 661. The molecule has 0 bridgehead atoms. The van der Waals surface area contributed by atoms with Crippen LogP contribution < -0.4 is 10.6 Å². The normalized spacial score (nSPS) is 16.7. The molecule has 2 aromatic rings. The van der Waals surface area contributed by atoms with Gasteiger partial charge in [-0.3, -0.25) is 10.3 Å².